The third-order valence-corrected chi connectivity index (χ3v) is 4.97. The van der Waals surface area contributed by atoms with E-state index >= 15 is 0 Å². The van der Waals surface area contributed by atoms with Crippen LogP contribution in [0.15, 0.2) is 0 Å². The molecule has 1 saturated carbocycles. The number of hydrogen-bond donors (Lipinski definition) is 2. The molecule has 0 radical (unpaired) electrons. The number of nitrogens with one attached hydrogen (secondary N) is 1. The molecule has 17 heavy (non-hydrogen) atoms. The summed E-state index contributed by atoms with van der Waals surface area (Å²) < 4.78 is 5.60. The molecule has 1 aliphatic carbocycles. The van der Waals surface area contributed by atoms with Crippen LogP contribution in [0.5, 0.6) is 0 Å². The lowest BCUT2D eigenvalue weighted by Crippen LogP contribution is -2.38. The quantitative estimate of drug-likeness (QED) is 0.775. The van der Waals surface area contributed by atoms with Crippen LogP contribution >= 0.6 is 0 Å². The van der Waals surface area contributed by atoms with E-state index in [1.807, 2.05) is 0 Å². The standard InChI is InChI=1S/C13H24N2O2/c1-12(2)11(13(12,3)4)15-10(16)9-6-5-8(7-14)17-9/h8-9,11H,5-7,14H2,1-4H3,(H,15,16)/t8-,9+/m1/s1. The Morgan fingerprint density at radius 3 is 2.29 bits per heavy atom. The summed E-state index contributed by atoms with van der Waals surface area (Å²) in [5.74, 6) is 0.0320. The van der Waals surface area contributed by atoms with Crippen LogP contribution in [0.2, 0.25) is 0 Å². The number of carbonyl (C=O) groups excluding carboxylic acids is 1. The van der Waals surface area contributed by atoms with E-state index in [1.165, 1.54) is 0 Å². The van der Waals surface area contributed by atoms with Crippen molar-refractivity contribution in [2.75, 3.05) is 6.54 Å². The van der Waals surface area contributed by atoms with Gasteiger partial charge in [0.25, 0.3) is 0 Å². The second kappa shape index (κ2) is 3.95. The van der Waals surface area contributed by atoms with E-state index in [9.17, 15) is 4.79 Å². The first-order valence-electron chi connectivity index (χ1n) is 6.46. The van der Waals surface area contributed by atoms with Gasteiger partial charge in [-0.15, -0.1) is 0 Å². The van der Waals surface area contributed by atoms with E-state index in [1.54, 1.807) is 0 Å². The van der Waals surface area contributed by atoms with Crippen molar-refractivity contribution >= 4 is 5.91 Å². The van der Waals surface area contributed by atoms with Gasteiger partial charge in [-0.25, -0.2) is 0 Å². The third kappa shape index (κ3) is 1.97. The Morgan fingerprint density at radius 2 is 1.88 bits per heavy atom. The lowest BCUT2D eigenvalue weighted by atomic mass is 10.0. The summed E-state index contributed by atoms with van der Waals surface area (Å²) in [7, 11) is 0. The zero-order valence-corrected chi connectivity index (χ0v) is 11.2. The van der Waals surface area contributed by atoms with Gasteiger partial charge in [-0.1, -0.05) is 27.7 Å². The normalized spacial score (nSPS) is 34.6. The molecule has 2 rings (SSSR count). The van der Waals surface area contributed by atoms with Crippen LogP contribution in [0.25, 0.3) is 0 Å². The largest absolute Gasteiger partial charge is 0.364 e. The maximum atomic E-state index is 12.1. The van der Waals surface area contributed by atoms with Gasteiger partial charge in [0.15, 0.2) is 0 Å². The van der Waals surface area contributed by atoms with Crippen LogP contribution in [-0.4, -0.2) is 30.7 Å². The summed E-state index contributed by atoms with van der Waals surface area (Å²) in [5.41, 5.74) is 5.89. The molecule has 2 aliphatic rings. The van der Waals surface area contributed by atoms with Gasteiger partial charge < -0.3 is 15.8 Å². The fourth-order valence-electron chi connectivity index (χ4n) is 2.86. The zero-order valence-electron chi connectivity index (χ0n) is 11.2. The van der Waals surface area contributed by atoms with Gasteiger partial charge in [-0.05, 0) is 23.7 Å². The van der Waals surface area contributed by atoms with Crippen LogP contribution in [-0.2, 0) is 9.53 Å². The molecule has 3 N–H and O–H groups in total. The van der Waals surface area contributed by atoms with E-state index in [-0.39, 0.29) is 35.0 Å². The minimum atomic E-state index is -0.296. The summed E-state index contributed by atoms with van der Waals surface area (Å²) in [4.78, 5) is 12.1. The van der Waals surface area contributed by atoms with Crippen molar-refractivity contribution < 1.29 is 9.53 Å². The minimum absolute atomic E-state index is 0.0320. The predicted octanol–water partition coefficient (Wildman–Crippen LogP) is 1.04. The van der Waals surface area contributed by atoms with Crippen molar-refractivity contribution in [2.24, 2.45) is 16.6 Å². The molecule has 1 saturated heterocycles. The van der Waals surface area contributed by atoms with E-state index in [0.717, 1.165) is 12.8 Å². The van der Waals surface area contributed by atoms with E-state index in [0.29, 0.717) is 6.54 Å². The van der Waals surface area contributed by atoms with Gasteiger partial charge in [0.1, 0.15) is 6.10 Å². The Bertz CT molecular complexity index is 311. The fraction of sp³-hybridized carbons (Fsp3) is 0.923. The number of rotatable bonds is 3. The molecule has 2 atom stereocenters. The number of amides is 1. The Kier molecular flexibility index (Phi) is 2.99. The maximum absolute atomic E-state index is 12.1. The van der Waals surface area contributed by atoms with Gasteiger partial charge in [0.05, 0.1) is 6.10 Å². The van der Waals surface area contributed by atoms with Crippen molar-refractivity contribution in [2.45, 2.75) is 58.8 Å². The number of carbonyl (C=O) groups is 1. The van der Waals surface area contributed by atoms with Crippen molar-refractivity contribution in [3.8, 4) is 0 Å². The minimum Gasteiger partial charge on any atom is -0.364 e. The van der Waals surface area contributed by atoms with E-state index in [2.05, 4.69) is 33.0 Å². The third-order valence-electron chi connectivity index (χ3n) is 4.97. The first-order chi connectivity index (χ1) is 7.80. The van der Waals surface area contributed by atoms with Crippen LogP contribution in [0.3, 0.4) is 0 Å². The van der Waals surface area contributed by atoms with Gasteiger partial charge >= 0.3 is 0 Å². The number of hydrogen-bond acceptors (Lipinski definition) is 3. The summed E-state index contributed by atoms with van der Waals surface area (Å²) in [6.07, 6.45) is 1.45. The molecule has 0 unspecified atom stereocenters. The zero-order chi connectivity index (χ0) is 12.8. The highest BCUT2D eigenvalue weighted by Crippen LogP contribution is 2.62. The lowest BCUT2D eigenvalue weighted by molar-refractivity contribution is -0.132. The highest BCUT2D eigenvalue weighted by atomic mass is 16.5. The maximum Gasteiger partial charge on any atom is 0.249 e. The van der Waals surface area contributed by atoms with Crippen LogP contribution in [0.4, 0.5) is 0 Å². The Balaban J connectivity index is 1.88. The summed E-state index contributed by atoms with van der Waals surface area (Å²) in [6.45, 7) is 9.27. The monoisotopic (exact) mass is 240 g/mol. The van der Waals surface area contributed by atoms with Gasteiger partial charge in [-0.3, -0.25) is 4.79 Å². The molecule has 2 fully saturated rings. The first kappa shape index (κ1) is 12.8. The summed E-state index contributed by atoms with van der Waals surface area (Å²) >= 11 is 0. The molecule has 0 aromatic rings. The fourth-order valence-corrected chi connectivity index (χ4v) is 2.86. The first-order valence-corrected chi connectivity index (χ1v) is 6.46. The summed E-state index contributed by atoms with van der Waals surface area (Å²) in [6, 6.07) is 0.253. The average molecular weight is 240 g/mol. The van der Waals surface area contributed by atoms with Crippen LogP contribution in [0.1, 0.15) is 40.5 Å². The van der Waals surface area contributed by atoms with Gasteiger partial charge in [-0.2, -0.15) is 0 Å². The van der Waals surface area contributed by atoms with Crippen LogP contribution in [0, 0.1) is 10.8 Å². The Labute approximate surface area is 103 Å². The SMILES string of the molecule is CC1(C)C(NC(=O)[C@@H]2CC[C@H](CN)O2)C1(C)C. The molecule has 0 aromatic heterocycles. The highest BCUT2D eigenvalue weighted by Gasteiger charge is 2.65. The van der Waals surface area contributed by atoms with E-state index < -0.39 is 0 Å². The molecule has 1 heterocycles. The molecule has 1 aliphatic heterocycles. The van der Waals surface area contributed by atoms with Crippen LogP contribution < -0.4 is 11.1 Å². The highest BCUT2D eigenvalue weighted by molar-refractivity contribution is 5.82. The average Bonchev–Trinajstić information content (AvgIpc) is 2.65. The van der Waals surface area contributed by atoms with Gasteiger partial charge in [0, 0.05) is 12.6 Å². The second-order valence-electron chi connectivity index (χ2n) is 6.44. The van der Waals surface area contributed by atoms with Crippen molar-refractivity contribution in [1.82, 2.24) is 5.32 Å². The summed E-state index contributed by atoms with van der Waals surface area (Å²) in [5, 5.41) is 3.12. The van der Waals surface area contributed by atoms with Crippen molar-refractivity contribution in [3.05, 3.63) is 0 Å². The van der Waals surface area contributed by atoms with Crippen molar-refractivity contribution in [1.29, 1.82) is 0 Å². The van der Waals surface area contributed by atoms with Crippen molar-refractivity contribution in [3.63, 3.8) is 0 Å². The molecule has 4 nitrogen and oxygen atoms in total. The Morgan fingerprint density at radius 1 is 1.29 bits per heavy atom. The molecule has 1 amide bonds. The van der Waals surface area contributed by atoms with E-state index in [4.69, 9.17) is 10.5 Å². The smallest absolute Gasteiger partial charge is 0.249 e. The second-order valence-corrected chi connectivity index (χ2v) is 6.44. The predicted molar refractivity (Wildman–Crippen MR) is 66.4 cm³/mol. The number of nitrogens with two attached hydrogens (primary N) is 1. The molecule has 0 aromatic carbocycles. The molecular formula is C13H24N2O2. The molecule has 0 bridgehead atoms. The lowest BCUT2D eigenvalue weighted by Gasteiger charge is -2.13. The van der Waals surface area contributed by atoms with Gasteiger partial charge in [0.2, 0.25) is 5.91 Å². The number of ether oxygens (including phenoxy) is 1. The topological polar surface area (TPSA) is 64.4 Å². The molecule has 0 spiro atoms. The molecule has 4 heteroatoms. The Hall–Kier alpha value is -0.610. The molecule has 98 valence electrons. The molecular weight excluding hydrogens is 216 g/mol.